The van der Waals surface area contributed by atoms with Crippen LogP contribution in [0.15, 0.2) is 109 Å². The second-order valence-corrected chi connectivity index (χ2v) is 7.02. The molecule has 0 spiro atoms. The van der Waals surface area contributed by atoms with Crippen molar-refractivity contribution in [3.05, 3.63) is 132 Å². The highest BCUT2D eigenvalue weighted by Gasteiger charge is 2.12. The summed E-state index contributed by atoms with van der Waals surface area (Å²) in [6.07, 6.45) is 6.35. The minimum atomic E-state index is -0.132. The van der Waals surface area contributed by atoms with E-state index in [9.17, 15) is 4.79 Å². The van der Waals surface area contributed by atoms with Crippen LogP contribution in [-0.2, 0) is 11.2 Å². The van der Waals surface area contributed by atoms with Gasteiger partial charge < -0.3 is 5.32 Å². The quantitative estimate of drug-likeness (QED) is 0.331. The number of hydrogen-bond acceptors (Lipinski definition) is 2. The fraction of sp³-hybridized carbons (Fsp3) is 0.0370. The van der Waals surface area contributed by atoms with Gasteiger partial charge >= 0.3 is 0 Å². The molecule has 30 heavy (non-hydrogen) atoms. The average Bonchev–Trinajstić information content (AvgIpc) is 2.81. The topological polar surface area (TPSA) is 42.0 Å². The number of benzene rings is 3. The summed E-state index contributed by atoms with van der Waals surface area (Å²) in [5.74, 6) is -0.132. The van der Waals surface area contributed by atoms with Crippen LogP contribution in [0.4, 0.5) is 5.69 Å². The molecule has 1 N–H and O–H groups in total. The monoisotopic (exact) mass is 390 g/mol. The Labute approximate surface area is 176 Å². The summed E-state index contributed by atoms with van der Waals surface area (Å²) in [6, 6.07) is 31.6. The first-order valence-corrected chi connectivity index (χ1v) is 9.89. The minimum Gasteiger partial charge on any atom is -0.322 e. The molecule has 4 rings (SSSR count). The molecular formula is C27H22N2O. The van der Waals surface area contributed by atoms with Crippen LogP contribution >= 0.6 is 0 Å². The molecule has 0 aliphatic carbocycles. The van der Waals surface area contributed by atoms with Crippen molar-refractivity contribution >= 4 is 23.2 Å². The Hall–Kier alpha value is -3.98. The van der Waals surface area contributed by atoms with Gasteiger partial charge in [-0.25, -0.2) is 0 Å². The first kappa shape index (κ1) is 19.3. The summed E-state index contributed by atoms with van der Waals surface area (Å²) in [7, 11) is 0. The zero-order valence-corrected chi connectivity index (χ0v) is 16.5. The average molecular weight is 390 g/mol. The van der Waals surface area contributed by atoms with Gasteiger partial charge in [0.25, 0.3) is 5.91 Å². The van der Waals surface area contributed by atoms with Gasteiger partial charge in [-0.05, 0) is 59.0 Å². The van der Waals surface area contributed by atoms with E-state index in [1.807, 2.05) is 103 Å². The van der Waals surface area contributed by atoms with Crippen LogP contribution < -0.4 is 5.32 Å². The van der Waals surface area contributed by atoms with Crippen molar-refractivity contribution < 1.29 is 4.79 Å². The van der Waals surface area contributed by atoms with Crippen LogP contribution in [0.5, 0.6) is 0 Å². The molecule has 3 heteroatoms. The van der Waals surface area contributed by atoms with Crippen molar-refractivity contribution in [3.8, 4) is 0 Å². The molecule has 0 unspecified atom stereocenters. The van der Waals surface area contributed by atoms with E-state index in [2.05, 4.69) is 10.3 Å². The predicted molar refractivity (Wildman–Crippen MR) is 123 cm³/mol. The van der Waals surface area contributed by atoms with Crippen LogP contribution in [-0.4, -0.2) is 10.9 Å². The zero-order valence-electron chi connectivity index (χ0n) is 16.5. The molecule has 3 nitrogen and oxygen atoms in total. The van der Waals surface area contributed by atoms with Gasteiger partial charge in [0.1, 0.15) is 0 Å². The highest BCUT2D eigenvalue weighted by Crippen LogP contribution is 2.21. The molecule has 0 aliphatic heterocycles. The lowest BCUT2D eigenvalue weighted by Crippen LogP contribution is -2.13. The lowest BCUT2D eigenvalue weighted by Gasteiger charge is -2.11. The summed E-state index contributed by atoms with van der Waals surface area (Å²) in [5, 5.41) is 3.03. The molecule has 0 atom stereocenters. The van der Waals surface area contributed by atoms with E-state index in [4.69, 9.17) is 0 Å². The van der Waals surface area contributed by atoms with Gasteiger partial charge in [0.05, 0.1) is 0 Å². The van der Waals surface area contributed by atoms with Crippen molar-refractivity contribution in [2.45, 2.75) is 6.42 Å². The normalized spacial score (nSPS) is 11.1. The number of carbonyl (C=O) groups excluding carboxylic acids is 1. The first-order chi connectivity index (χ1) is 14.8. The summed E-state index contributed by atoms with van der Waals surface area (Å²) < 4.78 is 0. The smallest absolute Gasteiger partial charge is 0.256 e. The Balaban J connectivity index is 1.53. The van der Waals surface area contributed by atoms with Crippen molar-refractivity contribution in [1.82, 2.24) is 4.98 Å². The summed E-state index contributed by atoms with van der Waals surface area (Å²) in [4.78, 5) is 17.2. The van der Waals surface area contributed by atoms with E-state index in [0.717, 1.165) is 23.2 Å². The van der Waals surface area contributed by atoms with Crippen LogP contribution in [0.3, 0.4) is 0 Å². The molecule has 3 aromatic carbocycles. The van der Waals surface area contributed by atoms with Crippen molar-refractivity contribution in [2.75, 3.05) is 5.32 Å². The number of anilines is 1. The number of nitrogens with one attached hydrogen (secondary N) is 1. The Bertz CT molecular complexity index is 1120. The van der Waals surface area contributed by atoms with E-state index in [-0.39, 0.29) is 5.91 Å². The second kappa shape index (κ2) is 9.48. The number of rotatable bonds is 6. The van der Waals surface area contributed by atoms with Crippen molar-refractivity contribution in [1.29, 1.82) is 0 Å². The highest BCUT2D eigenvalue weighted by atomic mass is 16.1. The molecule has 1 amide bonds. The SMILES string of the molecule is O=C(Nc1ccc(Cc2ccncc2)cc1)/C(=C/c1ccccc1)c1ccccc1. The zero-order chi connectivity index (χ0) is 20.6. The van der Waals surface area contributed by atoms with Gasteiger partial charge in [0.2, 0.25) is 0 Å². The molecule has 1 heterocycles. The maximum absolute atomic E-state index is 13.1. The van der Waals surface area contributed by atoms with E-state index in [1.165, 1.54) is 11.1 Å². The summed E-state index contributed by atoms with van der Waals surface area (Å²) in [6.45, 7) is 0. The van der Waals surface area contributed by atoms with E-state index >= 15 is 0 Å². The summed E-state index contributed by atoms with van der Waals surface area (Å²) >= 11 is 0. The molecule has 4 aromatic rings. The third-order valence-corrected chi connectivity index (χ3v) is 4.81. The Kier molecular flexibility index (Phi) is 6.11. The molecule has 0 fully saturated rings. The number of carbonyl (C=O) groups is 1. The van der Waals surface area contributed by atoms with Gasteiger partial charge in [0, 0.05) is 23.7 Å². The highest BCUT2D eigenvalue weighted by molar-refractivity contribution is 6.29. The first-order valence-electron chi connectivity index (χ1n) is 9.89. The van der Waals surface area contributed by atoms with E-state index < -0.39 is 0 Å². The van der Waals surface area contributed by atoms with Gasteiger partial charge in [-0.1, -0.05) is 72.8 Å². The fourth-order valence-corrected chi connectivity index (χ4v) is 3.25. The molecule has 146 valence electrons. The van der Waals surface area contributed by atoms with Crippen LogP contribution in [0.2, 0.25) is 0 Å². The van der Waals surface area contributed by atoms with Crippen molar-refractivity contribution in [3.63, 3.8) is 0 Å². The van der Waals surface area contributed by atoms with Crippen LogP contribution in [0.1, 0.15) is 22.3 Å². The molecule has 0 bridgehead atoms. The maximum Gasteiger partial charge on any atom is 0.256 e. The Morgan fingerprint density at radius 2 is 1.33 bits per heavy atom. The minimum absolute atomic E-state index is 0.132. The second-order valence-electron chi connectivity index (χ2n) is 7.02. The molecule has 0 radical (unpaired) electrons. The van der Waals surface area contributed by atoms with Crippen LogP contribution in [0, 0.1) is 0 Å². The van der Waals surface area contributed by atoms with Crippen LogP contribution in [0.25, 0.3) is 11.6 Å². The lowest BCUT2D eigenvalue weighted by atomic mass is 10.0. The molecule has 0 saturated carbocycles. The summed E-state index contributed by atoms with van der Waals surface area (Å²) in [5.41, 5.74) is 5.66. The van der Waals surface area contributed by atoms with Gasteiger partial charge in [0.15, 0.2) is 0 Å². The third-order valence-electron chi connectivity index (χ3n) is 4.81. The van der Waals surface area contributed by atoms with Gasteiger partial charge in [-0.3, -0.25) is 9.78 Å². The van der Waals surface area contributed by atoms with Gasteiger partial charge in [-0.2, -0.15) is 0 Å². The van der Waals surface area contributed by atoms with E-state index in [0.29, 0.717) is 5.57 Å². The molecule has 0 saturated heterocycles. The number of amides is 1. The number of nitrogens with zero attached hydrogens (tertiary/aromatic N) is 1. The van der Waals surface area contributed by atoms with Crippen molar-refractivity contribution in [2.24, 2.45) is 0 Å². The van der Waals surface area contributed by atoms with Gasteiger partial charge in [-0.15, -0.1) is 0 Å². The maximum atomic E-state index is 13.1. The third kappa shape index (κ3) is 5.09. The largest absolute Gasteiger partial charge is 0.322 e. The Morgan fingerprint density at radius 1 is 0.733 bits per heavy atom. The Morgan fingerprint density at radius 3 is 2.00 bits per heavy atom. The fourth-order valence-electron chi connectivity index (χ4n) is 3.25. The number of aromatic nitrogens is 1. The predicted octanol–water partition coefficient (Wildman–Crippen LogP) is 5.85. The number of pyridine rings is 1. The number of hydrogen-bond donors (Lipinski definition) is 1. The molecule has 1 aromatic heterocycles. The standard InChI is InChI=1S/C27H22N2O/c30-27(26(24-9-5-2-6-10-24)20-21-7-3-1-4-8-21)29-25-13-11-22(12-14-25)19-23-15-17-28-18-16-23/h1-18,20H,19H2,(H,29,30)/b26-20+. The molecule has 0 aliphatic rings. The lowest BCUT2D eigenvalue weighted by molar-refractivity contribution is -0.111. The van der Waals surface area contributed by atoms with E-state index in [1.54, 1.807) is 12.4 Å². The molecular weight excluding hydrogens is 368 g/mol.